The Morgan fingerprint density at radius 3 is 2.43 bits per heavy atom. The van der Waals surface area contributed by atoms with E-state index in [0.29, 0.717) is 15.9 Å². The maximum Gasteiger partial charge on any atom is 0.255 e. The van der Waals surface area contributed by atoms with E-state index in [-0.39, 0.29) is 5.56 Å². The molecule has 3 N–H and O–H groups in total. The van der Waals surface area contributed by atoms with E-state index < -0.39 is 23.2 Å². The highest BCUT2D eigenvalue weighted by atomic mass is 79.9. The van der Waals surface area contributed by atoms with Crippen molar-refractivity contribution in [3.8, 4) is 5.75 Å². The quantitative estimate of drug-likeness (QED) is 0.826. The first-order valence-electron chi connectivity index (χ1n) is 5.81. The van der Waals surface area contributed by atoms with Gasteiger partial charge in [-0.2, -0.15) is 0 Å². The SMILES string of the molecule is COc1ccc(Br)cc1NC(=O)c1cc(F)c(N)c(F)c1. The number of carbonyl (C=O) groups is 1. The van der Waals surface area contributed by atoms with Crippen molar-refractivity contribution in [3.63, 3.8) is 0 Å². The van der Waals surface area contributed by atoms with Crippen molar-refractivity contribution in [3.05, 3.63) is 52.0 Å². The smallest absolute Gasteiger partial charge is 0.255 e. The summed E-state index contributed by atoms with van der Waals surface area (Å²) in [4.78, 5) is 12.1. The van der Waals surface area contributed by atoms with E-state index in [1.54, 1.807) is 18.2 Å². The van der Waals surface area contributed by atoms with E-state index in [1.807, 2.05) is 0 Å². The molecule has 0 unspecified atom stereocenters. The number of amides is 1. The summed E-state index contributed by atoms with van der Waals surface area (Å²) < 4.78 is 32.6. The van der Waals surface area contributed by atoms with Crippen LogP contribution in [0.25, 0.3) is 0 Å². The Morgan fingerprint density at radius 2 is 1.86 bits per heavy atom. The standard InChI is InChI=1S/C14H11BrF2N2O2/c1-21-12-3-2-8(15)6-11(12)19-14(20)7-4-9(16)13(18)10(17)5-7/h2-6H,18H2,1H3,(H,19,20). The third-order valence-electron chi connectivity index (χ3n) is 2.75. The Balaban J connectivity index is 2.32. The predicted octanol–water partition coefficient (Wildman–Crippen LogP) is 3.57. The maximum atomic E-state index is 13.4. The maximum absolute atomic E-state index is 13.4. The number of hydrogen-bond acceptors (Lipinski definition) is 3. The summed E-state index contributed by atoms with van der Waals surface area (Å²) in [5, 5.41) is 2.52. The Hall–Kier alpha value is -2.15. The van der Waals surface area contributed by atoms with Gasteiger partial charge >= 0.3 is 0 Å². The minimum Gasteiger partial charge on any atom is -0.495 e. The molecule has 0 aromatic heterocycles. The molecule has 0 aliphatic heterocycles. The molecule has 2 aromatic rings. The molecule has 0 saturated carbocycles. The summed E-state index contributed by atoms with van der Waals surface area (Å²) in [6.45, 7) is 0. The highest BCUT2D eigenvalue weighted by Gasteiger charge is 2.15. The largest absolute Gasteiger partial charge is 0.495 e. The van der Waals surface area contributed by atoms with Gasteiger partial charge in [-0.25, -0.2) is 8.78 Å². The summed E-state index contributed by atoms with van der Waals surface area (Å²) >= 11 is 3.26. The van der Waals surface area contributed by atoms with E-state index >= 15 is 0 Å². The number of methoxy groups -OCH3 is 1. The van der Waals surface area contributed by atoms with Crippen molar-refractivity contribution >= 4 is 33.2 Å². The van der Waals surface area contributed by atoms with Gasteiger partial charge in [0.1, 0.15) is 23.1 Å². The zero-order chi connectivity index (χ0) is 15.6. The molecule has 0 saturated heterocycles. The van der Waals surface area contributed by atoms with Gasteiger partial charge in [0.2, 0.25) is 0 Å². The van der Waals surface area contributed by atoms with Crippen LogP contribution >= 0.6 is 15.9 Å². The second kappa shape index (κ2) is 6.09. The van der Waals surface area contributed by atoms with E-state index in [2.05, 4.69) is 21.2 Å². The summed E-state index contributed by atoms with van der Waals surface area (Å²) in [5.41, 5.74) is 4.73. The molecule has 1 amide bonds. The third kappa shape index (κ3) is 3.30. The molecule has 2 rings (SSSR count). The zero-order valence-electron chi connectivity index (χ0n) is 10.9. The number of benzene rings is 2. The van der Waals surface area contributed by atoms with Gasteiger partial charge in [0, 0.05) is 10.0 Å². The fraction of sp³-hybridized carbons (Fsp3) is 0.0714. The number of halogens is 3. The lowest BCUT2D eigenvalue weighted by Gasteiger charge is -2.11. The Kier molecular flexibility index (Phi) is 4.42. The number of nitrogens with one attached hydrogen (secondary N) is 1. The van der Waals surface area contributed by atoms with Gasteiger partial charge in [0.05, 0.1) is 12.8 Å². The molecule has 110 valence electrons. The Bertz CT molecular complexity index is 684. The second-order valence-corrected chi connectivity index (χ2v) is 5.07. The first kappa shape index (κ1) is 15.2. The average molecular weight is 357 g/mol. The molecule has 21 heavy (non-hydrogen) atoms. The first-order valence-corrected chi connectivity index (χ1v) is 6.61. The molecular weight excluding hydrogens is 346 g/mol. The molecule has 0 fully saturated rings. The topological polar surface area (TPSA) is 64.3 Å². The van der Waals surface area contributed by atoms with Crippen LogP contribution in [0.1, 0.15) is 10.4 Å². The third-order valence-corrected chi connectivity index (χ3v) is 3.24. The van der Waals surface area contributed by atoms with E-state index in [4.69, 9.17) is 10.5 Å². The monoisotopic (exact) mass is 356 g/mol. The summed E-state index contributed by atoms with van der Waals surface area (Å²) in [7, 11) is 1.45. The van der Waals surface area contributed by atoms with Crippen LogP contribution in [0.4, 0.5) is 20.2 Å². The van der Waals surface area contributed by atoms with Crippen LogP contribution in [0, 0.1) is 11.6 Å². The number of hydrogen-bond donors (Lipinski definition) is 2. The van der Waals surface area contributed by atoms with Gasteiger partial charge in [-0.3, -0.25) is 4.79 Å². The molecule has 0 bridgehead atoms. The van der Waals surface area contributed by atoms with Crippen molar-refractivity contribution in [2.75, 3.05) is 18.2 Å². The Labute approximate surface area is 128 Å². The van der Waals surface area contributed by atoms with Crippen LogP contribution in [-0.2, 0) is 0 Å². The lowest BCUT2D eigenvalue weighted by Crippen LogP contribution is -2.14. The molecule has 0 spiro atoms. The molecule has 0 aliphatic rings. The molecule has 2 aromatic carbocycles. The van der Waals surface area contributed by atoms with Crippen LogP contribution in [0.2, 0.25) is 0 Å². The molecule has 7 heteroatoms. The van der Waals surface area contributed by atoms with Crippen molar-refractivity contribution < 1.29 is 18.3 Å². The number of nitrogen functional groups attached to an aromatic ring is 1. The summed E-state index contributed by atoms with van der Waals surface area (Å²) in [5.74, 6) is -2.23. The first-order chi connectivity index (χ1) is 9.92. The molecular formula is C14H11BrF2N2O2. The average Bonchev–Trinajstić information content (AvgIpc) is 2.44. The highest BCUT2D eigenvalue weighted by molar-refractivity contribution is 9.10. The molecule has 0 radical (unpaired) electrons. The number of carbonyl (C=O) groups excluding carboxylic acids is 1. The molecule has 0 heterocycles. The van der Waals surface area contributed by atoms with Crippen molar-refractivity contribution in [1.82, 2.24) is 0 Å². The lowest BCUT2D eigenvalue weighted by molar-refractivity contribution is 0.102. The van der Waals surface area contributed by atoms with Crippen LogP contribution in [-0.4, -0.2) is 13.0 Å². The van der Waals surface area contributed by atoms with Gasteiger partial charge in [-0.15, -0.1) is 0 Å². The normalized spacial score (nSPS) is 10.3. The van der Waals surface area contributed by atoms with E-state index in [1.165, 1.54) is 7.11 Å². The van der Waals surface area contributed by atoms with Crippen LogP contribution in [0.5, 0.6) is 5.75 Å². The van der Waals surface area contributed by atoms with Crippen LogP contribution in [0.15, 0.2) is 34.8 Å². The van der Waals surface area contributed by atoms with Gasteiger partial charge < -0.3 is 15.8 Å². The minimum absolute atomic E-state index is 0.179. The molecule has 0 aliphatic carbocycles. The fourth-order valence-electron chi connectivity index (χ4n) is 1.69. The summed E-state index contributed by atoms with van der Waals surface area (Å²) in [6.07, 6.45) is 0. The lowest BCUT2D eigenvalue weighted by atomic mass is 10.1. The molecule has 0 atom stereocenters. The van der Waals surface area contributed by atoms with Gasteiger partial charge in [-0.1, -0.05) is 15.9 Å². The number of ether oxygens (including phenoxy) is 1. The number of rotatable bonds is 3. The molecule has 4 nitrogen and oxygen atoms in total. The fourth-order valence-corrected chi connectivity index (χ4v) is 2.05. The van der Waals surface area contributed by atoms with Gasteiger partial charge in [0.25, 0.3) is 5.91 Å². The van der Waals surface area contributed by atoms with Gasteiger partial charge in [0.15, 0.2) is 0 Å². The summed E-state index contributed by atoms with van der Waals surface area (Å²) in [6, 6.07) is 6.73. The van der Waals surface area contributed by atoms with Crippen molar-refractivity contribution in [2.45, 2.75) is 0 Å². The van der Waals surface area contributed by atoms with Crippen molar-refractivity contribution in [1.29, 1.82) is 0 Å². The van der Waals surface area contributed by atoms with Crippen LogP contribution in [0.3, 0.4) is 0 Å². The Morgan fingerprint density at radius 1 is 1.24 bits per heavy atom. The highest BCUT2D eigenvalue weighted by Crippen LogP contribution is 2.28. The van der Waals surface area contributed by atoms with Crippen LogP contribution < -0.4 is 15.8 Å². The van der Waals surface area contributed by atoms with E-state index in [9.17, 15) is 13.6 Å². The van der Waals surface area contributed by atoms with E-state index in [0.717, 1.165) is 12.1 Å². The minimum atomic E-state index is -0.985. The predicted molar refractivity (Wildman–Crippen MR) is 79.4 cm³/mol. The zero-order valence-corrected chi connectivity index (χ0v) is 12.5. The number of nitrogens with two attached hydrogens (primary N) is 1. The van der Waals surface area contributed by atoms with Crippen molar-refractivity contribution in [2.24, 2.45) is 0 Å². The van der Waals surface area contributed by atoms with Gasteiger partial charge in [-0.05, 0) is 30.3 Å². The second-order valence-electron chi connectivity index (χ2n) is 4.15. The number of anilines is 2.